The van der Waals surface area contributed by atoms with E-state index in [2.05, 4.69) is 48.9 Å². The van der Waals surface area contributed by atoms with Crippen molar-refractivity contribution in [3.63, 3.8) is 0 Å². The van der Waals surface area contributed by atoms with Gasteiger partial charge in [-0.1, -0.05) is 13.0 Å². The van der Waals surface area contributed by atoms with Gasteiger partial charge < -0.3 is 19.5 Å². The lowest BCUT2D eigenvalue weighted by Crippen LogP contribution is -2.48. The summed E-state index contributed by atoms with van der Waals surface area (Å²) in [5.41, 5.74) is 1.12. The van der Waals surface area contributed by atoms with Crippen LogP contribution in [0, 0.1) is 11.8 Å². The highest BCUT2D eigenvalue weighted by atomic mass is 16.5. The van der Waals surface area contributed by atoms with Gasteiger partial charge in [-0.05, 0) is 36.7 Å². The van der Waals surface area contributed by atoms with E-state index in [4.69, 9.17) is 4.74 Å². The van der Waals surface area contributed by atoms with E-state index < -0.39 is 0 Å². The van der Waals surface area contributed by atoms with Crippen molar-refractivity contribution in [2.45, 2.75) is 38.8 Å². The average molecular weight is 383 g/mol. The molecule has 1 saturated carbocycles. The third-order valence-corrected chi connectivity index (χ3v) is 5.75. The van der Waals surface area contributed by atoms with Crippen LogP contribution < -0.4 is 10.1 Å². The Morgan fingerprint density at radius 3 is 2.89 bits per heavy atom. The molecule has 1 N–H and O–H groups in total. The van der Waals surface area contributed by atoms with Crippen LogP contribution in [0.4, 0.5) is 0 Å². The number of hydrogen-bond donors (Lipinski definition) is 1. The molecule has 4 rings (SSSR count). The maximum atomic E-state index is 5.71. The molecule has 0 spiro atoms. The fourth-order valence-corrected chi connectivity index (χ4v) is 3.70. The molecule has 0 aromatic carbocycles. The summed E-state index contributed by atoms with van der Waals surface area (Å²) in [6, 6.07) is 4.45. The summed E-state index contributed by atoms with van der Waals surface area (Å²) in [7, 11) is 1.85. The first kappa shape index (κ1) is 18.8. The second-order valence-corrected chi connectivity index (χ2v) is 7.95. The summed E-state index contributed by atoms with van der Waals surface area (Å²) in [5, 5.41) is 3.49. The first-order valence-electron chi connectivity index (χ1n) is 10.2. The molecule has 2 aromatic heterocycles. The average Bonchev–Trinajstić information content (AvgIpc) is 3.40. The number of aliphatic imine (C=N–C) groups is 1. The molecule has 1 aliphatic heterocycles. The molecule has 0 bridgehead atoms. The molecule has 2 atom stereocenters. The highest BCUT2D eigenvalue weighted by molar-refractivity contribution is 5.80. The minimum Gasteiger partial charge on any atom is -0.477 e. The summed E-state index contributed by atoms with van der Waals surface area (Å²) >= 11 is 0. The van der Waals surface area contributed by atoms with Crippen molar-refractivity contribution in [3.8, 4) is 5.88 Å². The molecular formula is C21H30N6O. The second-order valence-electron chi connectivity index (χ2n) is 7.95. The lowest BCUT2D eigenvalue weighted by molar-refractivity contribution is 0.189. The number of aromatic nitrogens is 3. The van der Waals surface area contributed by atoms with Gasteiger partial charge in [-0.2, -0.15) is 0 Å². The number of nitrogens with zero attached hydrogens (tertiary/aromatic N) is 5. The van der Waals surface area contributed by atoms with Crippen molar-refractivity contribution in [3.05, 3.63) is 42.6 Å². The molecule has 2 aromatic rings. The van der Waals surface area contributed by atoms with Crippen LogP contribution in [0.3, 0.4) is 0 Å². The number of guanidine groups is 1. The number of ether oxygens (including phenoxy) is 1. The van der Waals surface area contributed by atoms with Crippen LogP contribution in [-0.4, -0.2) is 52.1 Å². The Labute approximate surface area is 166 Å². The van der Waals surface area contributed by atoms with Gasteiger partial charge in [0, 0.05) is 51.3 Å². The zero-order valence-electron chi connectivity index (χ0n) is 16.8. The Kier molecular flexibility index (Phi) is 5.78. The number of pyridine rings is 1. The number of hydrogen-bond acceptors (Lipinski definition) is 4. The maximum Gasteiger partial charge on any atom is 0.213 e. The highest BCUT2D eigenvalue weighted by Crippen LogP contribution is 2.29. The third kappa shape index (κ3) is 4.64. The van der Waals surface area contributed by atoms with Crippen molar-refractivity contribution < 1.29 is 4.74 Å². The van der Waals surface area contributed by atoms with Gasteiger partial charge >= 0.3 is 0 Å². The monoisotopic (exact) mass is 382 g/mol. The van der Waals surface area contributed by atoms with Gasteiger partial charge in [-0.25, -0.2) is 9.97 Å². The molecule has 1 aliphatic carbocycles. The number of nitrogens with one attached hydrogen (secondary N) is 1. The van der Waals surface area contributed by atoms with Gasteiger partial charge in [-0.15, -0.1) is 0 Å². The molecule has 0 amide bonds. The Balaban J connectivity index is 1.31. The molecule has 2 aliphatic rings. The van der Waals surface area contributed by atoms with E-state index in [0.29, 0.717) is 24.4 Å². The van der Waals surface area contributed by atoms with Gasteiger partial charge in [0.1, 0.15) is 0 Å². The van der Waals surface area contributed by atoms with E-state index in [-0.39, 0.29) is 0 Å². The summed E-state index contributed by atoms with van der Waals surface area (Å²) in [6.45, 7) is 5.76. The molecule has 28 heavy (non-hydrogen) atoms. The molecule has 150 valence electrons. The first-order chi connectivity index (χ1) is 13.7. The lowest BCUT2D eigenvalue weighted by Gasteiger charge is -2.39. The zero-order valence-corrected chi connectivity index (χ0v) is 16.8. The van der Waals surface area contributed by atoms with E-state index in [0.717, 1.165) is 43.6 Å². The summed E-state index contributed by atoms with van der Waals surface area (Å²) < 4.78 is 7.93. The van der Waals surface area contributed by atoms with E-state index in [1.807, 2.05) is 31.8 Å². The fourth-order valence-electron chi connectivity index (χ4n) is 3.70. The van der Waals surface area contributed by atoms with Crippen LogP contribution in [0.15, 0.2) is 42.0 Å². The minimum absolute atomic E-state index is 0.416. The lowest BCUT2D eigenvalue weighted by atomic mass is 9.93. The summed E-state index contributed by atoms with van der Waals surface area (Å²) in [4.78, 5) is 15.5. The predicted octanol–water partition coefficient (Wildman–Crippen LogP) is 2.73. The number of likely N-dealkylation sites (tertiary alicyclic amines) is 1. The van der Waals surface area contributed by atoms with Gasteiger partial charge in [0.25, 0.3) is 0 Å². The van der Waals surface area contributed by atoms with Crippen LogP contribution in [0.2, 0.25) is 0 Å². The Morgan fingerprint density at radius 2 is 2.21 bits per heavy atom. The van der Waals surface area contributed by atoms with Crippen molar-refractivity contribution in [2.24, 2.45) is 16.8 Å². The molecule has 2 unspecified atom stereocenters. The van der Waals surface area contributed by atoms with Crippen molar-refractivity contribution in [1.29, 1.82) is 0 Å². The number of imidazole rings is 1. The predicted molar refractivity (Wildman–Crippen MR) is 109 cm³/mol. The normalized spacial score (nSPS) is 22.9. The second kappa shape index (κ2) is 8.63. The fraction of sp³-hybridized carbons (Fsp3) is 0.571. The molecule has 3 heterocycles. The molecule has 1 saturated heterocycles. The number of rotatable bonds is 6. The SMILES string of the molecule is CN=C(NCc1ccc(OCC2CC2)nc1)N1CCC(C)C(n2ccnc2)C1. The summed E-state index contributed by atoms with van der Waals surface area (Å²) in [5.74, 6) is 3.01. The van der Waals surface area contributed by atoms with Crippen LogP contribution >= 0.6 is 0 Å². The van der Waals surface area contributed by atoms with E-state index >= 15 is 0 Å². The molecule has 7 nitrogen and oxygen atoms in total. The zero-order chi connectivity index (χ0) is 19.3. The first-order valence-corrected chi connectivity index (χ1v) is 10.2. The molecule has 2 fully saturated rings. The third-order valence-electron chi connectivity index (χ3n) is 5.75. The number of piperidine rings is 1. The largest absolute Gasteiger partial charge is 0.477 e. The Morgan fingerprint density at radius 1 is 1.32 bits per heavy atom. The minimum atomic E-state index is 0.416. The van der Waals surface area contributed by atoms with Crippen LogP contribution in [0.5, 0.6) is 5.88 Å². The van der Waals surface area contributed by atoms with Crippen molar-refractivity contribution in [1.82, 2.24) is 24.8 Å². The van der Waals surface area contributed by atoms with Gasteiger partial charge in [-0.3, -0.25) is 4.99 Å². The molecule has 7 heteroatoms. The standard InChI is InChI=1S/C21H30N6O/c1-16-7-9-26(13-19(16)27-10-8-23-15-27)21(22-2)25-12-18-5-6-20(24-11-18)28-14-17-3-4-17/h5-6,8,10-11,15-17,19H,3-4,7,9,12-14H2,1-2H3,(H,22,25). The van der Waals surface area contributed by atoms with Crippen molar-refractivity contribution >= 4 is 5.96 Å². The van der Waals surface area contributed by atoms with Crippen LogP contribution in [0.1, 0.15) is 37.8 Å². The molecule has 0 radical (unpaired) electrons. The van der Waals surface area contributed by atoms with E-state index in [1.54, 1.807) is 0 Å². The van der Waals surface area contributed by atoms with E-state index in [9.17, 15) is 0 Å². The highest BCUT2D eigenvalue weighted by Gasteiger charge is 2.28. The van der Waals surface area contributed by atoms with Crippen LogP contribution in [-0.2, 0) is 6.54 Å². The Bertz CT molecular complexity index is 769. The molecular weight excluding hydrogens is 352 g/mol. The van der Waals surface area contributed by atoms with Gasteiger partial charge in [0.05, 0.1) is 19.0 Å². The van der Waals surface area contributed by atoms with E-state index in [1.165, 1.54) is 12.8 Å². The Hall–Kier alpha value is -2.57. The smallest absolute Gasteiger partial charge is 0.213 e. The van der Waals surface area contributed by atoms with Gasteiger partial charge in [0.2, 0.25) is 5.88 Å². The summed E-state index contributed by atoms with van der Waals surface area (Å²) in [6.07, 6.45) is 11.4. The van der Waals surface area contributed by atoms with Crippen molar-refractivity contribution in [2.75, 3.05) is 26.7 Å². The quantitative estimate of drug-likeness (QED) is 0.615. The topological polar surface area (TPSA) is 67.6 Å². The van der Waals surface area contributed by atoms with Gasteiger partial charge in [0.15, 0.2) is 5.96 Å². The maximum absolute atomic E-state index is 5.71. The van der Waals surface area contributed by atoms with Crippen LogP contribution in [0.25, 0.3) is 0 Å².